The first-order chi connectivity index (χ1) is 7.07. The van der Waals surface area contributed by atoms with Crippen molar-refractivity contribution < 1.29 is 4.79 Å². The molecule has 0 saturated carbocycles. The van der Waals surface area contributed by atoms with Gasteiger partial charge in [-0.25, -0.2) is 0 Å². The second-order valence-electron chi connectivity index (χ2n) is 3.33. The molecule has 3 N–H and O–H groups in total. The Morgan fingerprint density at radius 3 is 2.80 bits per heavy atom. The van der Waals surface area contributed by atoms with Gasteiger partial charge in [0.25, 0.3) is 5.91 Å². The molecule has 0 unspecified atom stereocenters. The Hall–Kier alpha value is -2.11. The van der Waals surface area contributed by atoms with Gasteiger partial charge < -0.3 is 15.7 Å². The van der Waals surface area contributed by atoms with Crippen molar-refractivity contribution in [3.63, 3.8) is 0 Å². The number of carbonyl (C=O) groups excluding carboxylic acids is 1. The van der Waals surface area contributed by atoms with Crippen molar-refractivity contribution in [2.45, 2.75) is 0 Å². The van der Waals surface area contributed by atoms with Gasteiger partial charge in [-0.3, -0.25) is 9.48 Å². The molecule has 2 rings (SSSR count). The second-order valence-corrected chi connectivity index (χ2v) is 3.33. The average molecular weight is 205 g/mol. The van der Waals surface area contributed by atoms with Crippen molar-refractivity contribution in [2.24, 2.45) is 19.8 Å². The van der Waals surface area contributed by atoms with Crippen LogP contribution in [-0.2, 0) is 14.1 Å². The van der Waals surface area contributed by atoms with E-state index in [1.807, 2.05) is 0 Å². The minimum Gasteiger partial charge on any atom is -0.364 e. The van der Waals surface area contributed by atoms with Crippen LogP contribution in [-0.4, -0.2) is 26.5 Å². The topological polar surface area (TPSA) is 89.7 Å². The molecular formula is C9H11N5O. The standard InChI is InChI=1S/C9H11N5O/c1-13-6-4-12-14(2)7(6)5(3-10)8(13)9(11)15/h3-4,10H,1-2H3,(H2,11,15). The van der Waals surface area contributed by atoms with Crippen LogP contribution in [0.2, 0.25) is 0 Å². The van der Waals surface area contributed by atoms with Crippen LogP contribution in [0.5, 0.6) is 0 Å². The molecule has 15 heavy (non-hydrogen) atoms. The molecule has 0 aliphatic heterocycles. The van der Waals surface area contributed by atoms with Crippen molar-refractivity contribution in [2.75, 3.05) is 0 Å². The summed E-state index contributed by atoms with van der Waals surface area (Å²) in [4.78, 5) is 11.2. The second kappa shape index (κ2) is 2.94. The number of hydrogen-bond donors (Lipinski definition) is 2. The minimum absolute atomic E-state index is 0.341. The predicted molar refractivity (Wildman–Crippen MR) is 56.1 cm³/mol. The Kier molecular flexibility index (Phi) is 1.85. The zero-order valence-electron chi connectivity index (χ0n) is 8.48. The molecule has 1 amide bonds. The molecule has 0 aromatic carbocycles. The van der Waals surface area contributed by atoms with Gasteiger partial charge in [0.05, 0.1) is 17.2 Å². The van der Waals surface area contributed by atoms with Crippen molar-refractivity contribution in [1.82, 2.24) is 14.3 Å². The lowest BCUT2D eigenvalue weighted by molar-refractivity contribution is 0.0993. The van der Waals surface area contributed by atoms with Crippen molar-refractivity contribution in [3.8, 4) is 0 Å². The number of amides is 1. The maximum Gasteiger partial charge on any atom is 0.266 e. The number of nitrogens with zero attached hydrogens (tertiary/aromatic N) is 3. The van der Waals surface area contributed by atoms with Gasteiger partial charge in [0.1, 0.15) is 5.69 Å². The van der Waals surface area contributed by atoms with E-state index in [0.29, 0.717) is 11.3 Å². The molecule has 0 radical (unpaired) electrons. The molecule has 2 aromatic heterocycles. The molecule has 6 heteroatoms. The average Bonchev–Trinajstić information content (AvgIpc) is 2.67. The SMILES string of the molecule is Cn1ncc2c1c(C=N)c(C(N)=O)n2C. The number of nitrogens with one attached hydrogen (secondary N) is 1. The largest absolute Gasteiger partial charge is 0.364 e. The summed E-state index contributed by atoms with van der Waals surface area (Å²) in [6.45, 7) is 0. The highest BCUT2D eigenvalue weighted by Gasteiger charge is 2.20. The highest BCUT2D eigenvalue weighted by atomic mass is 16.1. The molecular weight excluding hydrogens is 194 g/mol. The van der Waals surface area contributed by atoms with Crippen LogP contribution in [0.4, 0.5) is 0 Å². The molecule has 0 fully saturated rings. The highest BCUT2D eigenvalue weighted by Crippen LogP contribution is 2.22. The number of aryl methyl sites for hydroxylation is 2. The maximum atomic E-state index is 11.2. The zero-order chi connectivity index (χ0) is 11.2. The number of fused-ring (bicyclic) bond motifs is 1. The van der Waals surface area contributed by atoms with Gasteiger partial charge >= 0.3 is 0 Å². The summed E-state index contributed by atoms with van der Waals surface area (Å²) in [7, 11) is 3.50. The smallest absolute Gasteiger partial charge is 0.266 e. The predicted octanol–water partition coefficient (Wildman–Crippen LogP) is 0.00837. The summed E-state index contributed by atoms with van der Waals surface area (Å²) in [6.07, 6.45) is 2.78. The minimum atomic E-state index is -0.535. The number of hydrogen-bond acceptors (Lipinski definition) is 3. The van der Waals surface area contributed by atoms with E-state index in [2.05, 4.69) is 5.10 Å². The fourth-order valence-electron chi connectivity index (χ4n) is 1.83. The monoisotopic (exact) mass is 205 g/mol. The summed E-state index contributed by atoms with van der Waals surface area (Å²) in [6, 6.07) is 0. The molecule has 0 aliphatic carbocycles. The first-order valence-electron chi connectivity index (χ1n) is 4.38. The third-order valence-electron chi connectivity index (χ3n) is 2.50. The van der Waals surface area contributed by atoms with Crippen LogP contribution in [0.1, 0.15) is 16.1 Å². The van der Waals surface area contributed by atoms with E-state index in [1.165, 1.54) is 0 Å². The number of primary amides is 1. The normalized spacial score (nSPS) is 10.8. The Balaban J connectivity index is 2.98. The van der Waals surface area contributed by atoms with E-state index >= 15 is 0 Å². The van der Waals surface area contributed by atoms with Crippen LogP contribution in [0.3, 0.4) is 0 Å². The lowest BCUT2D eigenvalue weighted by Crippen LogP contribution is -2.17. The first kappa shape index (κ1) is 9.45. The molecule has 0 saturated heterocycles. The van der Waals surface area contributed by atoms with E-state index in [1.54, 1.807) is 29.5 Å². The van der Waals surface area contributed by atoms with Crippen LogP contribution in [0.15, 0.2) is 6.20 Å². The Morgan fingerprint density at radius 1 is 1.60 bits per heavy atom. The highest BCUT2D eigenvalue weighted by molar-refractivity contribution is 6.09. The van der Waals surface area contributed by atoms with Crippen LogP contribution >= 0.6 is 0 Å². The Morgan fingerprint density at radius 2 is 2.27 bits per heavy atom. The van der Waals surface area contributed by atoms with E-state index in [-0.39, 0.29) is 0 Å². The quantitative estimate of drug-likeness (QED) is 0.676. The van der Waals surface area contributed by atoms with Crippen LogP contribution < -0.4 is 5.73 Å². The van der Waals surface area contributed by atoms with E-state index in [4.69, 9.17) is 11.1 Å². The number of nitrogens with two attached hydrogens (primary N) is 1. The van der Waals surface area contributed by atoms with Crippen LogP contribution in [0, 0.1) is 5.41 Å². The van der Waals surface area contributed by atoms with Crippen molar-refractivity contribution >= 4 is 23.2 Å². The molecule has 2 heterocycles. The van der Waals surface area contributed by atoms with Gasteiger partial charge in [0, 0.05) is 25.9 Å². The van der Waals surface area contributed by atoms with Crippen molar-refractivity contribution in [1.29, 1.82) is 5.41 Å². The lowest BCUT2D eigenvalue weighted by Gasteiger charge is -1.99. The summed E-state index contributed by atoms with van der Waals surface area (Å²) in [5.41, 5.74) is 7.67. The number of aromatic nitrogens is 3. The molecule has 0 bridgehead atoms. The van der Waals surface area contributed by atoms with Crippen LogP contribution in [0.25, 0.3) is 11.0 Å². The molecule has 0 spiro atoms. The first-order valence-corrected chi connectivity index (χ1v) is 4.38. The summed E-state index contributed by atoms with van der Waals surface area (Å²) >= 11 is 0. The van der Waals surface area contributed by atoms with E-state index in [9.17, 15) is 4.79 Å². The van der Waals surface area contributed by atoms with Gasteiger partial charge in [-0.2, -0.15) is 5.10 Å². The molecule has 78 valence electrons. The molecule has 0 atom stereocenters. The van der Waals surface area contributed by atoms with E-state index in [0.717, 1.165) is 17.2 Å². The van der Waals surface area contributed by atoms with Gasteiger partial charge in [-0.05, 0) is 0 Å². The zero-order valence-corrected chi connectivity index (χ0v) is 8.48. The molecule has 2 aromatic rings. The van der Waals surface area contributed by atoms with Crippen molar-refractivity contribution in [3.05, 3.63) is 17.5 Å². The Labute approximate surface area is 85.8 Å². The Bertz CT molecular complexity index is 563. The maximum absolute atomic E-state index is 11.2. The number of rotatable bonds is 2. The van der Waals surface area contributed by atoms with Gasteiger partial charge in [-0.15, -0.1) is 0 Å². The third-order valence-corrected chi connectivity index (χ3v) is 2.50. The summed E-state index contributed by atoms with van der Waals surface area (Å²) < 4.78 is 3.28. The number of carbonyl (C=O) groups is 1. The summed E-state index contributed by atoms with van der Waals surface area (Å²) in [5, 5.41) is 11.4. The van der Waals surface area contributed by atoms with E-state index < -0.39 is 5.91 Å². The molecule has 6 nitrogen and oxygen atoms in total. The fourth-order valence-corrected chi connectivity index (χ4v) is 1.83. The lowest BCUT2D eigenvalue weighted by atomic mass is 10.2. The fraction of sp³-hybridized carbons (Fsp3) is 0.222. The van der Waals surface area contributed by atoms with Gasteiger partial charge in [0.15, 0.2) is 0 Å². The van der Waals surface area contributed by atoms with Gasteiger partial charge in [0.2, 0.25) is 0 Å². The van der Waals surface area contributed by atoms with Gasteiger partial charge in [-0.1, -0.05) is 0 Å². The third kappa shape index (κ3) is 1.08. The summed E-state index contributed by atoms with van der Waals surface area (Å²) in [5.74, 6) is -0.535. The molecule has 0 aliphatic rings.